The van der Waals surface area contributed by atoms with Gasteiger partial charge in [0.1, 0.15) is 11.2 Å². The van der Waals surface area contributed by atoms with Crippen molar-refractivity contribution in [3.8, 4) is 61.3 Å². The van der Waals surface area contributed by atoms with E-state index in [0.717, 1.165) is 72.5 Å². The first-order valence-electron chi connectivity index (χ1n) is 23.6. The molecular weight excluding hydrogens is 837 g/mol. The molecule has 0 N–H and O–H groups in total. The van der Waals surface area contributed by atoms with Crippen molar-refractivity contribution in [2.24, 2.45) is 0 Å². The Labute approximate surface area is 401 Å². The zero-order chi connectivity index (χ0) is 45.7. The summed E-state index contributed by atoms with van der Waals surface area (Å²) in [5, 5.41) is 4.77. The second kappa shape index (κ2) is 16.9. The Kier molecular flexibility index (Phi) is 9.84. The van der Waals surface area contributed by atoms with Crippen LogP contribution in [0, 0.1) is 0 Å². The van der Waals surface area contributed by atoms with Crippen molar-refractivity contribution in [3.05, 3.63) is 267 Å². The molecule has 0 aliphatic rings. The van der Waals surface area contributed by atoms with Crippen LogP contribution in [0.5, 0.6) is 0 Å². The number of aromatic nitrogens is 1. The summed E-state index contributed by atoms with van der Waals surface area (Å²) in [5.74, 6) is 0. The highest BCUT2D eigenvalue weighted by Crippen LogP contribution is 2.43. The number of fused-ring (bicyclic) bond motifs is 6. The molecule has 0 aliphatic carbocycles. The van der Waals surface area contributed by atoms with Gasteiger partial charge in [-0.05, 0) is 111 Å². The predicted octanol–water partition coefficient (Wildman–Crippen LogP) is 18.5. The van der Waals surface area contributed by atoms with Gasteiger partial charge < -0.3 is 13.9 Å². The maximum Gasteiger partial charge on any atom is 0.143 e. The predicted molar refractivity (Wildman–Crippen MR) is 290 cm³/mol. The summed E-state index contributed by atoms with van der Waals surface area (Å²) in [7, 11) is 0. The Hall–Kier alpha value is -9.18. The van der Waals surface area contributed by atoms with Gasteiger partial charge in [-0.2, -0.15) is 0 Å². The fourth-order valence-electron chi connectivity index (χ4n) is 10.4. The molecule has 0 unspecified atom stereocenters. The summed E-state index contributed by atoms with van der Waals surface area (Å²) in [4.78, 5) is 2.36. The van der Waals surface area contributed by atoms with Crippen molar-refractivity contribution >= 4 is 60.8 Å². The van der Waals surface area contributed by atoms with E-state index in [1.165, 1.54) is 49.6 Å². The monoisotopic (exact) mass is 880 g/mol. The normalized spacial score (nSPS) is 11.5. The number of furan rings is 1. The number of nitrogens with zero attached hydrogens (tertiary/aromatic N) is 2. The van der Waals surface area contributed by atoms with E-state index >= 15 is 0 Å². The van der Waals surface area contributed by atoms with Gasteiger partial charge in [0.25, 0.3) is 0 Å². The standard InChI is InChI=1S/C66H44N2O/c1-2-17-45(18-3-1)49-20-15-22-53(44-49)67(51-39-35-46(36-40-51)48-19-14-21-50(43-48)55-29-16-30-61-60-28-9-13-34-65(60)69-66(55)61)52-41-37-47(38-42-52)54-23-4-5-24-56(54)57-25-6-10-31-62(57)68-63-32-11-7-26-58(63)59-27-8-12-33-64(59)68/h1-44H. The van der Waals surface area contributed by atoms with Crippen LogP contribution in [0.4, 0.5) is 17.1 Å². The van der Waals surface area contributed by atoms with Crippen molar-refractivity contribution in [3.63, 3.8) is 0 Å². The van der Waals surface area contributed by atoms with E-state index in [0.29, 0.717) is 0 Å². The molecule has 2 heterocycles. The molecule has 0 aliphatic heterocycles. The lowest BCUT2D eigenvalue weighted by atomic mass is 9.93. The second-order valence-corrected chi connectivity index (χ2v) is 17.6. The lowest BCUT2D eigenvalue weighted by molar-refractivity contribution is 0.670. The number of benzene rings is 11. The summed E-state index contributed by atoms with van der Waals surface area (Å²) in [6.45, 7) is 0. The first-order valence-corrected chi connectivity index (χ1v) is 23.6. The molecule has 0 saturated heterocycles. The van der Waals surface area contributed by atoms with Gasteiger partial charge in [-0.3, -0.25) is 0 Å². The summed E-state index contributed by atoms with van der Waals surface area (Å²) in [5.41, 5.74) is 20.1. The van der Waals surface area contributed by atoms with Gasteiger partial charge in [0.15, 0.2) is 0 Å². The lowest BCUT2D eigenvalue weighted by Gasteiger charge is -2.26. The molecular formula is C66H44N2O. The van der Waals surface area contributed by atoms with Crippen LogP contribution < -0.4 is 4.90 Å². The number of anilines is 3. The van der Waals surface area contributed by atoms with E-state index in [1.807, 2.05) is 12.1 Å². The van der Waals surface area contributed by atoms with Gasteiger partial charge in [0.05, 0.1) is 16.7 Å². The molecule has 0 bridgehead atoms. The summed E-state index contributed by atoms with van der Waals surface area (Å²) in [6.07, 6.45) is 0. The average Bonchev–Trinajstić information content (AvgIpc) is 3.98. The summed E-state index contributed by atoms with van der Waals surface area (Å²) < 4.78 is 8.87. The molecule has 3 heteroatoms. The highest BCUT2D eigenvalue weighted by Gasteiger charge is 2.19. The van der Waals surface area contributed by atoms with Crippen molar-refractivity contribution in [1.29, 1.82) is 0 Å². The first-order chi connectivity index (χ1) is 34.2. The van der Waals surface area contributed by atoms with E-state index in [4.69, 9.17) is 4.42 Å². The Bertz CT molecular complexity index is 3960. The van der Waals surface area contributed by atoms with Crippen LogP contribution in [0.2, 0.25) is 0 Å². The maximum atomic E-state index is 6.44. The third-order valence-electron chi connectivity index (χ3n) is 13.6. The van der Waals surface area contributed by atoms with Crippen molar-refractivity contribution < 1.29 is 4.42 Å². The zero-order valence-electron chi connectivity index (χ0n) is 37.7. The van der Waals surface area contributed by atoms with Gasteiger partial charge >= 0.3 is 0 Å². The number of para-hydroxylation sites is 5. The van der Waals surface area contributed by atoms with Crippen molar-refractivity contribution in [2.45, 2.75) is 0 Å². The van der Waals surface area contributed by atoms with Crippen LogP contribution in [0.3, 0.4) is 0 Å². The van der Waals surface area contributed by atoms with Crippen LogP contribution >= 0.6 is 0 Å². The molecule has 0 amide bonds. The van der Waals surface area contributed by atoms with Crippen molar-refractivity contribution in [1.82, 2.24) is 4.57 Å². The quantitative estimate of drug-likeness (QED) is 0.144. The largest absolute Gasteiger partial charge is 0.455 e. The topological polar surface area (TPSA) is 21.3 Å². The second-order valence-electron chi connectivity index (χ2n) is 17.6. The van der Waals surface area contributed by atoms with Gasteiger partial charge in [-0.25, -0.2) is 0 Å². The molecule has 0 radical (unpaired) electrons. The molecule has 0 fully saturated rings. The van der Waals surface area contributed by atoms with Crippen LogP contribution in [0.25, 0.3) is 105 Å². The molecule has 69 heavy (non-hydrogen) atoms. The van der Waals surface area contributed by atoms with Crippen LogP contribution in [-0.4, -0.2) is 4.57 Å². The minimum Gasteiger partial charge on any atom is -0.455 e. The fraction of sp³-hybridized carbons (Fsp3) is 0. The Morgan fingerprint density at radius 1 is 0.275 bits per heavy atom. The molecule has 0 atom stereocenters. The third-order valence-corrected chi connectivity index (χ3v) is 13.6. The Morgan fingerprint density at radius 3 is 1.51 bits per heavy atom. The number of rotatable bonds is 9. The van der Waals surface area contributed by atoms with Crippen molar-refractivity contribution in [2.75, 3.05) is 4.90 Å². The van der Waals surface area contributed by atoms with Gasteiger partial charge in [-0.15, -0.1) is 0 Å². The molecule has 0 saturated carbocycles. The lowest BCUT2D eigenvalue weighted by Crippen LogP contribution is -2.10. The highest BCUT2D eigenvalue weighted by atomic mass is 16.3. The summed E-state index contributed by atoms with van der Waals surface area (Å²) in [6, 6.07) is 96.0. The van der Waals surface area contributed by atoms with E-state index in [2.05, 4.69) is 264 Å². The van der Waals surface area contributed by atoms with Gasteiger partial charge in [-0.1, -0.05) is 200 Å². The van der Waals surface area contributed by atoms with E-state index in [-0.39, 0.29) is 0 Å². The van der Waals surface area contributed by atoms with Crippen LogP contribution in [0.15, 0.2) is 271 Å². The Balaban J connectivity index is 0.881. The molecule has 13 rings (SSSR count). The molecule has 324 valence electrons. The number of hydrogen-bond acceptors (Lipinski definition) is 2. The average molecular weight is 881 g/mol. The summed E-state index contributed by atoms with van der Waals surface area (Å²) >= 11 is 0. The maximum absolute atomic E-state index is 6.44. The molecule has 13 aromatic rings. The fourth-order valence-corrected chi connectivity index (χ4v) is 10.4. The van der Waals surface area contributed by atoms with E-state index in [1.54, 1.807) is 0 Å². The molecule has 2 aromatic heterocycles. The molecule has 3 nitrogen and oxygen atoms in total. The zero-order valence-corrected chi connectivity index (χ0v) is 37.7. The highest BCUT2D eigenvalue weighted by molar-refractivity contribution is 6.11. The van der Waals surface area contributed by atoms with Gasteiger partial charge in [0, 0.05) is 49.7 Å². The minimum atomic E-state index is 0.905. The van der Waals surface area contributed by atoms with Crippen LogP contribution in [0.1, 0.15) is 0 Å². The smallest absolute Gasteiger partial charge is 0.143 e. The SMILES string of the molecule is c1ccc(-c2cccc(N(c3ccc(-c4cccc(-c5cccc6c5oc5ccccc56)c4)cc3)c3ccc(-c4ccccc4-c4ccccc4-n4c5ccccc5c5ccccc54)cc3)c2)cc1. The molecule has 0 spiro atoms. The van der Waals surface area contributed by atoms with Crippen LogP contribution in [-0.2, 0) is 0 Å². The van der Waals surface area contributed by atoms with Gasteiger partial charge in [0.2, 0.25) is 0 Å². The first kappa shape index (κ1) is 40.1. The minimum absolute atomic E-state index is 0.905. The van der Waals surface area contributed by atoms with E-state index < -0.39 is 0 Å². The van der Waals surface area contributed by atoms with E-state index in [9.17, 15) is 0 Å². The Morgan fingerprint density at radius 2 is 0.768 bits per heavy atom. The number of hydrogen-bond donors (Lipinski definition) is 0. The third kappa shape index (κ3) is 7.08. The molecule has 11 aromatic carbocycles.